The van der Waals surface area contributed by atoms with Gasteiger partial charge >= 0.3 is 0 Å². The van der Waals surface area contributed by atoms with E-state index in [1.165, 1.54) is 12.1 Å². The Morgan fingerprint density at radius 2 is 2.11 bits per heavy atom. The van der Waals surface area contributed by atoms with Gasteiger partial charge < -0.3 is 5.11 Å². The standard InChI is InChI=1S/C13H20FNO3S/c1-10-5-6-12(14)13(8-10)19(17,18)15-7-3-4-11(2)9-16/h5-6,8,11,15-16H,3-4,7,9H2,1-2H3. The first-order valence-corrected chi connectivity index (χ1v) is 7.72. The fraction of sp³-hybridized carbons (Fsp3) is 0.538. The van der Waals surface area contributed by atoms with Gasteiger partial charge in [0.25, 0.3) is 0 Å². The number of halogens is 1. The van der Waals surface area contributed by atoms with Crippen LogP contribution < -0.4 is 4.72 Å². The summed E-state index contributed by atoms with van der Waals surface area (Å²) in [7, 11) is -3.81. The van der Waals surface area contributed by atoms with Gasteiger partial charge in [-0.25, -0.2) is 17.5 Å². The molecule has 1 atom stereocenters. The summed E-state index contributed by atoms with van der Waals surface area (Å²) in [6.07, 6.45) is 1.32. The van der Waals surface area contributed by atoms with E-state index in [9.17, 15) is 12.8 Å². The lowest BCUT2D eigenvalue weighted by atomic mass is 10.1. The topological polar surface area (TPSA) is 66.4 Å². The average Bonchev–Trinajstić information content (AvgIpc) is 2.37. The van der Waals surface area contributed by atoms with E-state index in [0.29, 0.717) is 12.0 Å². The van der Waals surface area contributed by atoms with Crippen LogP contribution in [-0.2, 0) is 10.0 Å². The fourth-order valence-electron chi connectivity index (χ4n) is 1.64. The third-order valence-electron chi connectivity index (χ3n) is 2.85. The first kappa shape index (κ1) is 16.1. The average molecular weight is 289 g/mol. The molecule has 4 nitrogen and oxygen atoms in total. The van der Waals surface area contributed by atoms with Gasteiger partial charge in [0.1, 0.15) is 10.7 Å². The zero-order chi connectivity index (χ0) is 14.5. The number of aryl methyl sites for hydroxylation is 1. The molecule has 0 saturated heterocycles. The molecule has 0 aromatic heterocycles. The summed E-state index contributed by atoms with van der Waals surface area (Å²) in [6.45, 7) is 3.91. The summed E-state index contributed by atoms with van der Waals surface area (Å²) in [5.74, 6) is -0.609. The van der Waals surface area contributed by atoms with Crippen LogP contribution in [0.5, 0.6) is 0 Å². The third-order valence-corrected chi connectivity index (χ3v) is 4.33. The van der Waals surface area contributed by atoms with Crippen molar-refractivity contribution in [2.24, 2.45) is 5.92 Å². The lowest BCUT2D eigenvalue weighted by molar-refractivity contribution is 0.228. The summed E-state index contributed by atoms with van der Waals surface area (Å²) < 4.78 is 39.7. The van der Waals surface area contributed by atoms with Crippen LogP contribution in [0.15, 0.2) is 23.1 Å². The summed E-state index contributed by atoms with van der Waals surface area (Å²) in [5, 5.41) is 8.85. The minimum atomic E-state index is -3.81. The highest BCUT2D eigenvalue weighted by Gasteiger charge is 2.18. The number of sulfonamides is 1. The molecule has 6 heteroatoms. The van der Waals surface area contributed by atoms with Crippen molar-refractivity contribution in [1.82, 2.24) is 4.72 Å². The Kier molecular flexibility index (Phi) is 5.90. The van der Waals surface area contributed by atoms with E-state index in [0.717, 1.165) is 12.5 Å². The molecule has 0 amide bonds. The SMILES string of the molecule is Cc1ccc(F)c(S(=O)(=O)NCCCC(C)CO)c1. The van der Waals surface area contributed by atoms with Crippen LogP contribution in [0.4, 0.5) is 4.39 Å². The molecule has 0 saturated carbocycles. The minimum absolute atomic E-state index is 0.0826. The predicted octanol–water partition coefficient (Wildman–Crippen LogP) is 1.82. The zero-order valence-corrected chi connectivity index (χ0v) is 12.0. The fourth-order valence-corrected chi connectivity index (χ4v) is 2.88. The Hall–Kier alpha value is -0.980. The van der Waals surface area contributed by atoms with Crippen molar-refractivity contribution in [2.75, 3.05) is 13.2 Å². The van der Waals surface area contributed by atoms with E-state index in [2.05, 4.69) is 4.72 Å². The second-order valence-electron chi connectivity index (χ2n) is 4.76. The molecule has 1 aromatic carbocycles. The molecule has 0 bridgehead atoms. The van der Waals surface area contributed by atoms with Crippen molar-refractivity contribution < 1.29 is 17.9 Å². The molecule has 1 unspecified atom stereocenters. The van der Waals surface area contributed by atoms with Crippen LogP contribution >= 0.6 is 0 Å². The Morgan fingerprint density at radius 1 is 1.42 bits per heavy atom. The van der Waals surface area contributed by atoms with Crippen LogP contribution in [0.1, 0.15) is 25.3 Å². The van der Waals surface area contributed by atoms with Gasteiger partial charge in [-0.1, -0.05) is 13.0 Å². The Morgan fingerprint density at radius 3 is 2.74 bits per heavy atom. The largest absolute Gasteiger partial charge is 0.396 e. The van der Waals surface area contributed by atoms with E-state index in [1.807, 2.05) is 6.92 Å². The molecule has 0 aliphatic rings. The number of hydrogen-bond acceptors (Lipinski definition) is 3. The summed E-state index contributed by atoms with van der Waals surface area (Å²) in [5.41, 5.74) is 0.690. The highest BCUT2D eigenvalue weighted by Crippen LogP contribution is 2.16. The van der Waals surface area contributed by atoms with Gasteiger partial charge in [0, 0.05) is 13.2 Å². The van der Waals surface area contributed by atoms with Crippen molar-refractivity contribution in [3.63, 3.8) is 0 Å². The molecule has 1 rings (SSSR count). The van der Waals surface area contributed by atoms with Crippen LogP contribution in [-0.4, -0.2) is 26.7 Å². The third kappa shape index (κ3) is 4.89. The van der Waals surface area contributed by atoms with Crippen molar-refractivity contribution >= 4 is 10.0 Å². The molecule has 0 radical (unpaired) electrons. The normalized spacial score (nSPS) is 13.5. The lowest BCUT2D eigenvalue weighted by Gasteiger charge is -2.10. The molecule has 108 valence electrons. The van der Waals surface area contributed by atoms with Crippen LogP contribution in [0.2, 0.25) is 0 Å². The van der Waals surface area contributed by atoms with Gasteiger partial charge in [-0.15, -0.1) is 0 Å². The summed E-state index contributed by atoms with van der Waals surface area (Å²) in [6, 6.07) is 3.99. The summed E-state index contributed by atoms with van der Waals surface area (Å²) >= 11 is 0. The molecule has 0 aliphatic carbocycles. The van der Waals surface area contributed by atoms with Crippen molar-refractivity contribution in [1.29, 1.82) is 0 Å². The molecular weight excluding hydrogens is 269 g/mol. The van der Waals surface area contributed by atoms with E-state index in [-0.39, 0.29) is 24.0 Å². The number of hydrogen-bond donors (Lipinski definition) is 2. The monoisotopic (exact) mass is 289 g/mol. The van der Waals surface area contributed by atoms with Crippen molar-refractivity contribution in [3.8, 4) is 0 Å². The molecule has 0 aliphatic heterocycles. The highest BCUT2D eigenvalue weighted by molar-refractivity contribution is 7.89. The summed E-state index contributed by atoms with van der Waals surface area (Å²) in [4.78, 5) is -0.317. The maximum atomic E-state index is 13.5. The van der Waals surface area contributed by atoms with Gasteiger partial charge in [0.2, 0.25) is 10.0 Å². The van der Waals surface area contributed by atoms with Gasteiger partial charge in [-0.3, -0.25) is 0 Å². The van der Waals surface area contributed by atoms with Crippen molar-refractivity contribution in [3.05, 3.63) is 29.6 Å². The molecule has 2 N–H and O–H groups in total. The maximum Gasteiger partial charge on any atom is 0.243 e. The first-order valence-electron chi connectivity index (χ1n) is 6.23. The minimum Gasteiger partial charge on any atom is -0.396 e. The molecule has 1 aromatic rings. The zero-order valence-electron chi connectivity index (χ0n) is 11.2. The number of rotatable bonds is 7. The number of aliphatic hydroxyl groups excluding tert-OH is 1. The second-order valence-corrected chi connectivity index (χ2v) is 6.50. The van der Waals surface area contributed by atoms with Gasteiger partial charge in [-0.2, -0.15) is 0 Å². The van der Waals surface area contributed by atoms with E-state index in [4.69, 9.17) is 5.11 Å². The Bertz CT molecular complexity index is 517. The predicted molar refractivity (Wildman–Crippen MR) is 71.8 cm³/mol. The van der Waals surface area contributed by atoms with Crippen LogP contribution in [0, 0.1) is 18.7 Å². The lowest BCUT2D eigenvalue weighted by Crippen LogP contribution is -2.26. The smallest absolute Gasteiger partial charge is 0.243 e. The second kappa shape index (κ2) is 6.98. The van der Waals surface area contributed by atoms with Gasteiger partial charge in [-0.05, 0) is 43.4 Å². The Balaban J connectivity index is 2.64. The molecular formula is C13H20FNO3S. The van der Waals surface area contributed by atoms with Gasteiger partial charge in [0.05, 0.1) is 0 Å². The molecule has 0 spiro atoms. The number of aliphatic hydroxyl groups is 1. The molecule has 0 fully saturated rings. The van der Waals surface area contributed by atoms with Crippen molar-refractivity contribution in [2.45, 2.75) is 31.6 Å². The quantitative estimate of drug-likeness (QED) is 0.752. The number of benzene rings is 1. The number of nitrogens with one attached hydrogen (secondary N) is 1. The molecule has 19 heavy (non-hydrogen) atoms. The first-order chi connectivity index (χ1) is 8.86. The van der Waals surface area contributed by atoms with Gasteiger partial charge in [0.15, 0.2) is 0 Å². The highest BCUT2D eigenvalue weighted by atomic mass is 32.2. The van der Waals surface area contributed by atoms with E-state index < -0.39 is 15.8 Å². The van der Waals surface area contributed by atoms with E-state index in [1.54, 1.807) is 6.92 Å². The maximum absolute atomic E-state index is 13.5. The van der Waals surface area contributed by atoms with Crippen LogP contribution in [0.25, 0.3) is 0 Å². The Labute approximate surface area is 113 Å². The van der Waals surface area contributed by atoms with Crippen LogP contribution in [0.3, 0.4) is 0 Å². The molecule has 0 heterocycles. The van der Waals surface area contributed by atoms with E-state index >= 15 is 0 Å².